The number of methoxy groups -OCH3 is 1. The summed E-state index contributed by atoms with van der Waals surface area (Å²) in [7, 11) is 1.52. The van der Waals surface area contributed by atoms with E-state index in [2.05, 4.69) is 79.7 Å². The molecule has 0 saturated carbocycles. The van der Waals surface area contributed by atoms with Crippen LogP contribution in [0.3, 0.4) is 0 Å². The molecule has 0 saturated heterocycles. The van der Waals surface area contributed by atoms with Crippen LogP contribution in [-0.2, 0) is 31.8 Å². The van der Waals surface area contributed by atoms with Crippen molar-refractivity contribution >= 4 is 18.1 Å². The molecule has 228 valence electrons. The zero-order valence-corrected chi connectivity index (χ0v) is 26.0. The van der Waals surface area contributed by atoms with Crippen molar-refractivity contribution < 1.29 is 23.7 Å². The van der Waals surface area contributed by atoms with Gasteiger partial charge in [-0.2, -0.15) is 0 Å². The van der Waals surface area contributed by atoms with E-state index in [4.69, 9.17) is 18.9 Å². The number of unbranched alkanes of at least 4 members (excludes halogenated alkanes) is 1. The van der Waals surface area contributed by atoms with E-state index in [0.29, 0.717) is 26.2 Å². The van der Waals surface area contributed by atoms with E-state index in [-0.39, 0.29) is 12.1 Å². The van der Waals surface area contributed by atoms with Gasteiger partial charge in [0.15, 0.2) is 6.10 Å². The van der Waals surface area contributed by atoms with Crippen molar-refractivity contribution in [1.29, 1.82) is 0 Å². The number of esters is 1. The van der Waals surface area contributed by atoms with E-state index in [1.54, 1.807) is 6.92 Å². The smallest absolute Gasteiger partial charge is 0.335 e. The number of hydrogen-bond acceptors (Lipinski definition) is 5. The summed E-state index contributed by atoms with van der Waals surface area (Å²) in [5.74, 6) is 0.401. The third kappa shape index (κ3) is 7.85. The van der Waals surface area contributed by atoms with Crippen LogP contribution in [-0.4, -0.2) is 39.0 Å². The Labute approximate surface area is 261 Å². The number of benzene rings is 4. The number of ether oxygens (including phenoxy) is 4. The van der Waals surface area contributed by atoms with Crippen molar-refractivity contribution in [3.05, 3.63) is 124 Å². The second kappa shape index (κ2) is 15.5. The molecule has 1 aliphatic rings. The van der Waals surface area contributed by atoms with Gasteiger partial charge in [-0.1, -0.05) is 98.3 Å². The molecule has 1 aliphatic carbocycles. The largest absolute Gasteiger partial charge is 0.491 e. The van der Waals surface area contributed by atoms with Gasteiger partial charge in [-0.3, -0.25) is 0 Å². The fraction of sp³-hybridized carbons (Fsp3) is 0.308. The van der Waals surface area contributed by atoms with Crippen LogP contribution < -0.4 is 4.74 Å². The molecular formula is C39H42O5. The molecule has 4 aromatic rings. The molecule has 2 unspecified atom stereocenters. The molecule has 2 atom stereocenters. The van der Waals surface area contributed by atoms with Crippen molar-refractivity contribution in [2.75, 3.05) is 26.9 Å². The van der Waals surface area contributed by atoms with Gasteiger partial charge in [-0.25, -0.2) is 4.79 Å². The molecule has 5 rings (SSSR count). The predicted octanol–water partition coefficient (Wildman–Crippen LogP) is 8.49. The summed E-state index contributed by atoms with van der Waals surface area (Å²) in [4.78, 5) is 12.1. The van der Waals surface area contributed by atoms with Gasteiger partial charge >= 0.3 is 5.97 Å². The highest BCUT2D eigenvalue weighted by Gasteiger charge is 2.24. The monoisotopic (exact) mass is 590 g/mol. The fourth-order valence-corrected chi connectivity index (χ4v) is 5.59. The van der Waals surface area contributed by atoms with Crippen LogP contribution in [0.25, 0.3) is 23.3 Å². The molecule has 0 N–H and O–H groups in total. The van der Waals surface area contributed by atoms with Crippen LogP contribution in [0, 0.1) is 0 Å². The van der Waals surface area contributed by atoms with Gasteiger partial charge in [0.2, 0.25) is 0 Å². The van der Waals surface area contributed by atoms with Gasteiger partial charge in [0.05, 0.1) is 13.2 Å². The maximum absolute atomic E-state index is 12.1. The lowest BCUT2D eigenvalue weighted by Gasteiger charge is -2.22. The molecule has 0 aromatic heterocycles. The SMILES string of the molecule is CCCCc1ccc2c(c1)C(OCCOc1ccc(CC(OC)C(=O)OCC)cc1)c1ccc(-c3ccccc3)cc1C=C2. The van der Waals surface area contributed by atoms with E-state index in [9.17, 15) is 4.79 Å². The van der Waals surface area contributed by atoms with Crippen molar-refractivity contribution in [2.45, 2.75) is 51.7 Å². The van der Waals surface area contributed by atoms with Crippen molar-refractivity contribution in [3.63, 3.8) is 0 Å². The molecule has 5 heteroatoms. The lowest BCUT2D eigenvalue weighted by atomic mass is 9.92. The minimum Gasteiger partial charge on any atom is -0.491 e. The van der Waals surface area contributed by atoms with Gasteiger partial charge in [-0.15, -0.1) is 0 Å². The summed E-state index contributed by atoms with van der Waals surface area (Å²) in [5.41, 5.74) is 9.40. The third-order valence-corrected chi connectivity index (χ3v) is 7.99. The fourth-order valence-electron chi connectivity index (χ4n) is 5.59. The Balaban J connectivity index is 1.30. The van der Waals surface area contributed by atoms with Crippen LogP contribution in [0.1, 0.15) is 66.2 Å². The van der Waals surface area contributed by atoms with Gasteiger partial charge in [0.1, 0.15) is 18.5 Å². The Bertz CT molecular complexity index is 1540. The Morgan fingerprint density at radius 3 is 2.30 bits per heavy atom. The maximum atomic E-state index is 12.1. The highest BCUT2D eigenvalue weighted by molar-refractivity contribution is 5.79. The van der Waals surface area contributed by atoms with E-state index in [0.717, 1.165) is 28.9 Å². The Kier molecular flexibility index (Phi) is 11.0. The van der Waals surface area contributed by atoms with E-state index < -0.39 is 6.10 Å². The lowest BCUT2D eigenvalue weighted by Crippen LogP contribution is -2.27. The maximum Gasteiger partial charge on any atom is 0.335 e. The van der Waals surface area contributed by atoms with Gasteiger partial charge in [0.25, 0.3) is 0 Å². The molecule has 0 amide bonds. The molecule has 44 heavy (non-hydrogen) atoms. The standard InChI is InChI=1S/C39H42O5/c1-4-6-10-28-13-16-31-17-18-33-27-32(30-11-8-7-9-12-30)19-22-35(33)38(36(31)25-28)44-24-23-43-34-20-14-29(15-21-34)26-37(41-3)39(40)42-5-2/h7-9,11-22,25,27,37-38H,4-6,10,23-24,26H2,1-3H3. The first-order valence-electron chi connectivity index (χ1n) is 15.6. The molecule has 5 nitrogen and oxygen atoms in total. The highest BCUT2D eigenvalue weighted by atomic mass is 16.6. The predicted molar refractivity (Wildman–Crippen MR) is 177 cm³/mol. The zero-order valence-electron chi connectivity index (χ0n) is 26.0. The minimum atomic E-state index is -0.624. The van der Waals surface area contributed by atoms with E-state index >= 15 is 0 Å². The summed E-state index contributed by atoms with van der Waals surface area (Å²) in [6.45, 7) is 5.19. The first-order chi connectivity index (χ1) is 21.6. The molecule has 0 spiro atoms. The average Bonchev–Trinajstić information content (AvgIpc) is 3.21. The normalized spacial score (nSPS) is 14.3. The number of hydrogen-bond donors (Lipinski definition) is 0. The Morgan fingerprint density at radius 2 is 1.55 bits per heavy atom. The molecule has 0 bridgehead atoms. The molecular weight excluding hydrogens is 548 g/mol. The van der Waals surface area contributed by atoms with Gasteiger partial charge in [-0.05, 0) is 82.5 Å². The quantitative estimate of drug-likeness (QED) is 0.109. The van der Waals surface area contributed by atoms with Crippen molar-refractivity contribution in [2.24, 2.45) is 0 Å². The van der Waals surface area contributed by atoms with Gasteiger partial charge in [0, 0.05) is 13.5 Å². The zero-order chi connectivity index (χ0) is 30.7. The number of rotatable bonds is 14. The van der Waals surface area contributed by atoms with Crippen LogP contribution in [0.5, 0.6) is 5.75 Å². The number of carbonyl (C=O) groups is 1. The molecule has 0 heterocycles. The van der Waals surface area contributed by atoms with Crippen LogP contribution in [0.4, 0.5) is 0 Å². The summed E-state index contributed by atoms with van der Waals surface area (Å²) in [6, 6.07) is 31.7. The highest BCUT2D eigenvalue weighted by Crippen LogP contribution is 2.38. The Hall–Kier alpha value is -4.19. The average molecular weight is 591 g/mol. The van der Waals surface area contributed by atoms with Crippen molar-refractivity contribution in [1.82, 2.24) is 0 Å². The lowest BCUT2D eigenvalue weighted by molar-refractivity contribution is -0.154. The van der Waals surface area contributed by atoms with E-state index in [1.165, 1.54) is 47.8 Å². The minimum absolute atomic E-state index is 0.207. The molecule has 0 fully saturated rings. The Morgan fingerprint density at radius 1 is 0.773 bits per heavy atom. The summed E-state index contributed by atoms with van der Waals surface area (Å²) >= 11 is 0. The summed E-state index contributed by atoms with van der Waals surface area (Å²) < 4.78 is 23.1. The first kappa shape index (κ1) is 31.2. The number of fused-ring (bicyclic) bond motifs is 2. The van der Waals surface area contributed by atoms with Crippen LogP contribution in [0.15, 0.2) is 91.0 Å². The molecule has 0 radical (unpaired) electrons. The topological polar surface area (TPSA) is 54.0 Å². The summed E-state index contributed by atoms with van der Waals surface area (Å²) in [6.07, 6.45) is 7.43. The number of carbonyl (C=O) groups excluding carboxylic acids is 1. The number of aryl methyl sites for hydroxylation is 1. The van der Waals surface area contributed by atoms with Crippen LogP contribution in [0.2, 0.25) is 0 Å². The molecule has 0 aliphatic heterocycles. The molecule has 4 aromatic carbocycles. The second-order valence-corrected chi connectivity index (χ2v) is 11.0. The van der Waals surface area contributed by atoms with Crippen LogP contribution >= 0.6 is 0 Å². The van der Waals surface area contributed by atoms with E-state index in [1.807, 2.05) is 30.3 Å². The second-order valence-electron chi connectivity index (χ2n) is 11.0. The third-order valence-electron chi connectivity index (χ3n) is 7.99. The first-order valence-corrected chi connectivity index (χ1v) is 15.6. The summed E-state index contributed by atoms with van der Waals surface area (Å²) in [5, 5.41) is 0. The van der Waals surface area contributed by atoms with Gasteiger partial charge < -0.3 is 18.9 Å². The van der Waals surface area contributed by atoms with Crippen molar-refractivity contribution in [3.8, 4) is 16.9 Å².